The lowest BCUT2D eigenvalue weighted by Crippen LogP contribution is -2.16. The molecule has 0 aliphatic heterocycles. The van der Waals surface area contributed by atoms with E-state index in [1.54, 1.807) is 6.07 Å². The molecule has 19 heavy (non-hydrogen) atoms. The number of anilines is 1. The van der Waals surface area contributed by atoms with Gasteiger partial charge in [-0.2, -0.15) is 0 Å². The molecule has 0 bridgehead atoms. The van der Waals surface area contributed by atoms with E-state index in [2.05, 4.69) is 10.3 Å². The zero-order valence-electron chi connectivity index (χ0n) is 11.1. The van der Waals surface area contributed by atoms with Crippen molar-refractivity contribution in [3.63, 3.8) is 0 Å². The van der Waals surface area contributed by atoms with E-state index in [-0.39, 0.29) is 5.69 Å². The van der Waals surface area contributed by atoms with Crippen molar-refractivity contribution >= 4 is 11.5 Å². The fraction of sp³-hybridized carbons (Fsp3) is 0.615. The van der Waals surface area contributed by atoms with Gasteiger partial charge in [0, 0.05) is 18.3 Å². The van der Waals surface area contributed by atoms with Crippen molar-refractivity contribution in [3.8, 4) is 0 Å². The number of nitro groups is 1. The number of ether oxygens (including phenoxy) is 1. The van der Waals surface area contributed by atoms with Gasteiger partial charge in [0.25, 0.3) is 0 Å². The van der Waals surface area contributed by atoms with E-state index in [1.807, 2.05) is 6.92 Å². The van der Waals surface area contributed by atoms with Crippen molar-refractivity contribution in [1.29, 1.82) is 0 Å². The molecule has 2 rings (SSSR count). The molecule has 0 atom stereocenters. The maximum atomic E-state index is 10.9. The molecule has 1 saturated carbocycles. The van der Waals surface area contributed by atoms with Crippen molar-refractivity contribution in [2.75, 3.05) is 18.5 Å². The molecular formula is C13H19N3O3. The standard InChI is InChI=1S/C13H19N3O3/c1-10-6-7-12(16(17)18)13(15-10)14-8-9-19-11-4-2-3-5-11/h6-7,11H,2-5,8-9H2,1H3,(H,14,15). The van der Waals surface area contributed by atoms with Crippen LogP contribution in [0.1, 0.15) is 31.4 Å². The molecular weight excluding hydrogens is 246 g/mol. The highest BCUT2D eigenvalue weighted by atomic mass is 16.6. The van der Waals surface area contributed by atoms with E-state index in [4.69, 9.17) is 4.74 Å². The van der Waals surface area contributed by atoms with Gasteiger partial charge in [0.15, 0.2) is 0 Å². The van der Waals surface area contributed by atoms with Crippen LogP contribution in [-0.4, -0.2) is 29.2 Å². The molecule has 1 fully saturated rings. The third kappa shape index (κ3) is 3.89. The number of pyridine rings is 1. The molecule has 1 N–H and O–H groups in total. The third-order valence-corrected chi connectivity index (χ3v) is 3.26. The van der Waals surface area contributed by atoms with Gasteiger partial charge < -0.3 is 10.1 Å². The van der Waals surface area contributed by atoms with E-state index in [9.17, 15) is 10.1 Å². The Hall–Kier alpha value is -1.69. The second kappa shape index (κ2) is 6.47. The summed E-state index contributed by atoms with van der Waals surface area (Å²) in [7, 11) is 0. The first-order valence-electron chi connectivity index (χ1n) is 6.64. The van der Waals surface area contributed by atoms with Crippen LogP contribution in [0.3, 0.4) is 0 Å². The zero-order chi connectivity index (χ0) is 13.7. The molecule has 0 saturated heterocycles. The summed E-state index contributed by atoms with van der Waals surface area (Å²) >= 11 is 0. The molecule has 0 radical (unpaired) electrons. The quantitative estimate of drug-likeness (QED) is 0.486. The van der Waals surface area contributed by atoms with E-state index in [0.29, 0.717) is 25.1 Å². The summed E-state index contributed by atoms with van der Waals surface area (Å²) in [6.45, 7) is 2.90. The first-order valence-corrected chi connectivity index (χ1v) is 6.64. The minimum absolute atomic E-state index is 0.00599. The van der Waals surface area contributed by atoms with Crippen LogP contribution in [0, 0.1) is 17.0 Å². The Labute approximate surface area is 112 Å². The Morgan fingerprint density at radius 3 is 2.89 bits per heavy atom. The van der Waals surface area contributed by atoms with Crippen LogP contribution < -0.4 is 5.32 Å². The lowest BCUT2D eigenvalue weighted by molar-refractivity contribution is -0.384. The SMILES string of the molecule is Cc1ccc([N+](=O)[O-])c(NCCOC2CCCC2)n1. The minimum Gasteiger partial charge on any atom is -0.376 e. The molecule has 0 aromatic carbocycles. The largest absolute Gasteiger partial charge is 0.376 e. The second-order valence-electron chi connectivity index (χ2n) is 4.78. The maximum absolute atomic E-state index is 10.9. The topological polar surface area (TPSA) is 77.3 Å². The first kappa shape index (κ1) is 13.7. The molecule has 1 aliphatic carbocycles. The molecule has 1 aromatic heterocycles. The van der Waals surface area contributed by atoms with Gasteiger partial charge in [-0.05, 0) is 25.8 Å². The molecule has 0 spiro atoms. The van der Waals surface area contributed by atoms with Crippen molar-refractivity contribution in [2.45, 2.75) is 38.7 Å². The van der Waals surface area contributed by atoms with Gasteiger partial charge in [-0.15, -0.1) is 0 Å². The molecule has 0 unspecified atom stereocenters. The van der Waals surface area contributed by atoms with Crippen LogP contribution in [0.5, 0.6) is 0 Å². The molecule has 6 heteroatoms. The Bertz CT molecular complexity index is 445. The Kier molecular flexibility index (Phi) is 4.68. The van der Waals surface area contributed by atoms with Gasteiger partial charge in [0.1, 0.15) is 0 Å². The van der Waals surface area contributed by atoms with Gasteiger partial charge in [-0.25, -0.2) is 4.98 Å². The highest BCUT2D eigenvalue weighted by Crippen LogP contribution is 2.22. The Morgan fingerprint density at radius 1 is 1.47 bits per heavy atom. The monoisotopic (exact) mass is 265 g/mol. The fourth-order valence-electron chi connectivity index (χ4n) is 2.28. The van der Waals surface area contributed by atoms with Crippen LogP contribution in [-0.2, 0) is 4.74 Å². The normalized spacial score (nSPS) is 15.6. The van der Waals surface area contributed by atoms with Crippen molar-refractivity contribution in [1.82, 2.24) is 4.98 Å². The number of aryl methyl sites for hydroxylation is 1. The number of rotatable bonds is 6. The summed E-state index contributed by atoms with van der Waals surface area (Å²) in [5.41, 5.74) is 0.760. The molecule has 0 amide bonds. The number of nitrogens with one attached hydrogen (secondary N) is 1. The number of hydrogen-bond donors (Lipinski definition) is 1. The molecule has 1 aromatic rings. The van der Waals surface area contributed by atoms with E-state index in [0.717, 1.165) is 18.5 Å². The predicted molar refractivity (Wildman–Crippen MR) is 72.3 cm³/mol. The van der Waals surface area contributed by atoms with Gasteiger partial charge in [-0.1, -0.05) is 12.8 Å². The summed E-state index contributed by atoms with van der Waals surface area (Å²) in [6, 6.07) is 3.11. The smallest absolute Gasteiger partial charge is 0.311 e. The van der Waals surface area contributed by atoms with Gasteiger partial charge in [0.2, 0.25) is 5.82 Å². The second-order valence-corrected chi connectivity index (χ2v) is 4.78. The van der Waals surface area contributed by atoms with Crippen LogP contribution in [0.25, 0.3) is 0 Å². The molecule has 6 nitrogen and oxygen atoms in total. The number of nitrogens with zero attached hydrogens (tertiary/aromatic N) is 2. The summed E-state index contributed by atoms with van der Waals surface area (Å²) in [5, 5.41) is 13.9. The average Bonchev–Trinajstić information content (AvgIpc) is 2.87. The molecule has 1 heterocycles. The Balaban J connectivity index is 1.84. The van der Waals surface area contributed by atoms with Gasteiger partial charge in [0.05, 0.1) is 17.6 Å². The summed E-state index contributed by atoms with van der Waals surface area (Å²) in [4.78, 5) is 14.6. The van der Waals surface area contributed by atoms with Gasteiger partial charge in [-0.3, -0.25) is 10.1 Å². The van der Waals surface area contributed by atoms with E-state index in [1.165, 1.54) is 18.9 Å². The zero-order valence-corrected chi connectivity index (χ0v) is 11.1. The van der Waals surface area contributed by atoms with E-state index >= 15 is 0 Å². The lowest BCUT2D eigenvalue weighted by Gasteiger charge is -2.12. The van der Waals surface area contributed by atoms with Crippen LogP contribution >= 0.6 is 0 Å². The molecule has 104 valence electrons. The van der Waals surface area contributed by atoms with Crippen LogP contribution in [0.2, 0.25) is 0 Å². The van der Waals surface area contributed by atoms with Crippen LogP contribution in [0.4, 0.5) is 11.5 Å². The highest BCUT2D eigenvalue weighted by molar-refractivity contribution is 5.55. The van der Waals surface area contributed by atoms with Gasteiger partial charge >= 0.3 is 5.69 Å². The summed E-state index contributed by atoms with van der Waals surface area (Å²) in [5.74, 6) is 0.319. The minimum atomic E-state index is -0.424. The Morgan fingerprint density at radius 2 is 2.21 bits per heavy atom. The van der Waals surface area contributed by atoms with Crippen molar-refractivity contribution in [2.24, 2.45) is 0 Å². The fourth-order valence-corrected chi connectivity index (χ4v) is 2.28. The van der Waals surface area contributed by atoms with E-state index < -0.39 is 4.92 Å². The average molecular weight is 265 g/mol. The van der Waals surface area contributed by atoms with Crippen molar-refractivity contribution < 1.29 is 9.66 Å². The first-order chi connectivity index (χ1) is 9.16. The third-order valence-electron chi connectivity index (χ3n) is 3.26. The number of hydrogen-bond acceptors (Lipinski definition) is 5. The lowest BCUT2D eigenvalue weighted by atomic mass is 10.3. The summed E-state index contributed by atoms with van der Waals surface area (Å²) in [6.07, 6.45) is 5.10. The number of aromatic nitrogens is 1. The van der Waals surface area contributed by atoms with Crippen LogP contribution in [0.15, 0.2) is 12.1 Å². The predicted octanol–water partition coefficient (Wildman–Crippen LogP) is 2.67. The maximum Gasteiger partial charge on any atom is 0.311 e. The summed E-state index contributed by atoms with van der Waals surface area (Å²) < 4.78 is 5.70. The molecule has 1 aliphatic rings. The highest BCUT2D eigenvalue weighted by Gasteiger charge is 2.16. The van der Waals surface area contributed by atoms with Crippen molar-refractivity contribution in [3.05, 3.63) is 27.9 Å².